The van der Waals surface area contributed by atoms with Crippen LogP contribution >= 0.6 is 15.9 Å². The first-order chi connectivity index (χ1) is 6.41. The molecule has 0 saturated heterocycles. The molecule has 0 aliphatic rings. The SMILES string of the molecule is CC.Cc1cc(C(C)(C)C)ccc1Br. The monoisotopic (exact) mass is 256 g/mol. The highest BCUT2D eigenvalue weighted by Crippen LogP contribution is 2.26. The molecule has 1 aromatic rings. The Labute approximate surface area is 96.9 Å². The van der Waals surface area contributed by atoms with E-state index < -0.39 is 0 Å². The van der Waals surface area contributed by atoms with Gasteiger partial charge in [0.2, 0.25) is 0 Å². The van der Waals surface area contributed by atoms with Gasteiger partial charge in [-0.2, -0.15) is 0 Å². The summed E-state index contributed by atoms with van der Waals surface area (Å²) in [5.41, 5.74) is 2.96. The summed E-state index contributed by atoms with van der Waals surface area (Å²) in [6.45, 7) is 12.8. The van der Waals surface area contributed by atoms with E-state index in [0.29, 0.717) is 0 Å². The molecule has 0 heterocycles. The van der Waals surface area contributed by atoms with E-state index in [1.807, 2.05) is 13.8 Å². The van der Waals surface area contributed by atoms with E-state index in [1.54, 1.807) is 0 Å². The lowest BCUT2D eigenvalue weighted by Gasteiger charge is -2.19. The fourth-order valence-electron chi connectivity index (χ4n) is 1.11. The van der Waals surface area contributed by atoms with Crippen LogP contribution in [0.4, 0.5) is 0 Å². The van der Waals surface area contributed by atoms with Gasteiger partial charge in [0.15, 0.2) is 0 Å². The first-order valence-electron chi connectivity index (χ1n) is 5.18. The van der Waals surface area contributed by atoms with Gasteiger partial charge in [0, 0.05) is 4.47 Å². The van der Waals surface area contributed by atoms with Crippen molar-refractivity contribution in [2.75, 3.05) is 0 Å². The molecule has 0 saturated carbocycles. The Kier molecular flexibility index (Phi) is 5.43. The minimum atomic E-state index is 0.255. The molecule has 0 aromatic heterocycles. The summed E-state index contributed by atoms with van der Waals surface area (Å²) in [7, 11) is 0. The van der Waals surface area contributed by atoms with Crippen LogP contribution in [0.1, 0.15) is 45.7 Å². The van der Waals surface area contributed by atoms with E-state index in [4.69, 9.17) is 0 Å². The molecule has 0 aliphatic heterocycles. The second kappa shape index (κ2) is 5.55. The average molecular weight is 257 g/mol. The van der Waals surface area contributed by atoms with E-state index in [9.17, 15) is 0 Å². The normalized spacial score (nSPS) is 10.5. The third kappa shape index (κ3) is 3.83. The Balaban J connectivity index is 0.000000791. The molecule has 0 nitrogen and oxygen atoms in total. The molecule has 0 radical (unpaired) electrons. The second-order valence-corrected chi connectivity index (χ2v) is 5.07. The largest absolute Gasteiger partial charge is 0.0683 e. The molecule has 14 heavy (non-hydrogen) atoms. The van der Waals surface area contributed by atoms with Gasteiger partial charge in [0.25, 0.3) is 0 Å². The first kappa shape index (κ1) is 13.7. The van der Waals surface area contributed by atoms with Crippen molar-refractivity contribution < 1.29 is 0 Å². The molecule has 0 bridgehead atoms. The minimum Gasteiger partial charge on any atom is -0.0683 e. The molecule has 0 aliphatic carbocycles. The van der Waals surface area contributed by atoms with Gasteiger partial charge >= 0.3 is 0 Å². The quantitative estimate of drug-likeness (QED) is 0.607. The Bertz CT molecular complexity index is 282. The van der Waals surface area contributed by atoms with Gasteiger partial charge in [0.1, 0.15) is 0 Å². The first-order valence-corrected chi connectivity index (χ1v) is 5.97. The van der Waals surface area contributed by atoms with Crippen molar-refractivity contribution >= 4 is 15.9 Å². The Morgan fingerprint density at radius 3 is 1.93 bits per heavy atom. The standard InChI is InChI=1S/C11H15Br.C2H6/c1-8-7-9(11(2,3)4)5-6-10(8)12;1-2/h5-7H,1-4H3;1-2H3. The summed E-state index contributed by atoms with van der Waals surface area (Å²) in [5.74, 6) is 0. The highest BCUT2D eigenvalue weighted by molar-refractivity contribution is 9.10. The minimum absolute atomic E-state index is 0.255. The predicted molar refractivity (Wildman–Crippen MR) is 68.9 cm³/mol. The smallest absolute Gasteiger partial charge is 0.0204 e. The third-order valence-corrected chi connectivity index (χ3v) is 2.91. The predicted octanol–water partition coefficient (Wildman–Crippen LogP) is 5.08. The van der Waals surface area contributed by atoms with Gasteiger partial charge in [-0.1, -0.05) is 62.7 Å². The van der Waals surface area contributed by atoms with Gasteiger partial charge in [-0.3, -0.25) is 0 Å². The van der Waals surface area contributed by atoms with Crippen LogP contribution in [0.5, 0.6) is 0 Å². The number of benzene rings is 1. The van der Waals surface area contributed by atoms with Crippen molar-refractivity contribution in [1.29, 1.82) is 0 Å². The number of halogens is 1. The summed E-state index contributed by atoms with van der Waals surface area (Å²) in [6.07, 6.45) is 0. The van der Waals surface area contributed by atoms with Gasteiger partial charge in [-0.05, 0) is 29.5 Å². The number of aryl methyl sites for hydroxylation is 1. The maximum absolute atomic E-state index is 3.50. The number of rotatable bonds is 0. The zero-order chi connectivity index (χ0) is 11.4. The van der Waals surface area contributed by atoms with Crippen LogP contribution in [0, 0.1) is 6.92 Å². The van der Waals surface area contributed by atoms with E-state index in [0.717, 1.165) is 0 Å². The number of hydrogen-bond acceptors (Lipinski definition) is 0. The lowest BCUT2D eigenvalue weighted by atomic mass is 9.86. The van der Waals surface area contributed by atoms with Crippen LogP contribution in [0.2, 0.25) is 0 Å². The molecule has 0 atom stereocenters. The van der Waals surface area contributed by atoms with Crippen molar-refractivity contribution in [2.45, 2.75) is 47.0 Å². The fraction of sp³-hybridized carbons (Fsp3) is 0.538. The van der Waals surface area contributed by atoms with Gasteiger partial charge in [-0.25, -0.2) is 0 Å². The Hall–Kier alpha value is -0.300. The lowest BCUT2D eigenvalue weighted by molar-refractivity contribution is 0.589. The summed E-state index contributed by atoms with van der Waals surface area (Å²) in [6, 6.07) is 6.54. The highest BCUT2D eigenvalue weighted by Gasteiger charge is 2.13. The summed E-state index contributed by atoms with van der Waals surface area (Å²) in [5, 5.41) is 0. The maximum atomic E-state index is 3.50. The van der Waals surface area contributed by atoms with Crippen LogP contribution in [0.3, 0.4) is 0 Å². The third-order valence-electron chi connectivity index (χ3n) is 2.02. The second-order valence-electron chi connectivity index (χ2n) is 4.21. The topological polar surface area (TPSA) is 0 Å². The Morgan fingerprint density at radius 2 is 1.57 bits per heavy atom. The maximum Gasteiger partial charge on any atom is 0.0204 e. The summed E-state index contributed by atoms with van der Waals surface area (Å²) >= 11 is 3.50. The molecule has 80 valence electrons. The molecule has 0 unspecified atom stereocenters. The van der Waals surface area contributed by atoms with Gasteiger partial charge < -0.3 is 0 Å². The lowest BCUT2D eigenvalue weighted by Crippen LogP contribution is -2.10. The zero-order valence-electron chi connectivity index (χ0n) is 10.1. The van der Waals surface area contributed by atoms with Crippen LogP contribution in [0.25, 0.3) is 0 Å². The van der Waals surface area contributed by atoms with Crippen molar-refractivity contribution in [3.63, 3.8) is 0 Å². The van der Waals surface area contributed by atoms with Crippen molar-refractivity contribution in [1.82, 2.24) is 0 Å². The van der Waals surface area contributed by atoms with Crippen LogP contribution < -0.4 is 0 Å². The molecule has 0 amide bonds. The average Bonchev–Trinajstić information content (AvgIpc) is 2.11. The highest BCUT2D eigenvalue weighted by atomic mass is 79.9. The van der Waals surface area contributed by atoms with Gasteiger partial charge in [-0.15, -0.1) is 0 Å². The molecular formula is C13H21Br. The van der Waals surface area contributed by atoms with E-state index in [1.165, 1.54) is 15.6 Å². The van der Waals surface area contributed by atoms with Crippen molar-refractivity contribution in [2.24, 2.45) is 0 Å². The van der Waals surface area contributed by atoms with Crippen molar-refractivity contribution in [3.8, 4) is 0 Å². The molecular weight excluding hydrogens is 236 g/mol. The van der Waals surface area contributed by atoms with E-state index in [2.05, 4.69) is 61.8 Å². The van der Waals surface area contributed by atoms with E-state index >= 15 is 0 Å². The molecule has 1 aromatic carbocycles. The number of hydrogen-bond donors (Lipinski definition) is 0. The Morgan fingerprint density at radius 1 is 1.07 bits per heavy atom. The van der Waals surface area contributed by atoms with Crippen molar-refractivity contribution in [3.05, 3.63) is 33.8 Å². The van der Waals surface area contributed by atoms with Gasteiger partial charge in [0.05, 0.1) is 0 Å². The molecule has 0 spiro atoms. The summed E-state index contributed by atoms with van der Waals surface area (Å²) in [4.78, 5) is 0. The molecule has 1 rings (SSSR count). The summed E-state index contributed by atoms with van der Waals surface area (Å²) < 4.78 is 1.19. The van der Waals surface area contributed by atoms with Crippen LogP contribution in [-0.2, 0) is 5.41 Å². The molecule has 0 fully saturated rings. The van der Waals surface area contributed by atoms with Crippen LogP contribution in [0.15, 0.2) is 22.7 Å². The zero-order valence-corrected chi connectivity index (χ0v) is 11.7. The van der Waals surface area contributed by atoms with E-state index in [-0.39, 0.29) is 5.41 Å². The molecule has 1 heteroatoms. The fourth-order valence-corrected chi connectivity index (χ4v) is 1.36. The van der Waals surface area contributed by atoms with Crippen LogP contribution in [-0.4, -0.2) is 0 Å². The molecule has 0 N–H and O–H groups in total.